The van der Waals surface area contributed by atoms with Gasteiger partial charge >= 0.3 is 0 Å². The zero-order chi connectivity index (χ0) is 34.2. The molecule has 0 radical (unpaired) electrons. The highest BCUT2D eigenvalue weighted by molar-refractivity contribution is 6.33. The molecule has 4 aromatic heterocycles. The standard InChI is InChI=1S/C48H28N4/c1-3-14-38-36(12-1)37-13-2-4-15-39(37)45-44(38)41-16-5-6-17-43(41)52-46(45)32-10-7-9-30(25-32)34-27-33-26-31(19-21-42(33)51-28-34)35-22-24-50-48-40(35)20-18-29-11-8-23-49-47(29)48/h1-28H. The summed E-state index contributed by atoms with van der Waals surface area (Å²) in [6, 6.07) is 53.9. The molecule has 11 aromatic rings. The Morgan fingerprint density at radius 2 is 1.08 bits per heavy atom. The highest BCUT2D eigenvalue weighted by atomic mass is 14.7. The minimum Gasteiger partial charge on any atom is -0.256 e. The molecule has 4 heterocycles. The van der Waals surface area contributed by atoms with Gasteiger partial charge in [-0.15, -0.1) is 0 Å². The van der Waals surface area contributed by atoms with Gasteiger partial charge in [-0.1, -0.05) is 109 Å². The lowest BCUT2D eigenvalue weighted by Crippen LogP contribution is -1.93. The number of para-hydroxylation sites is 1. The summed E-state index contributed by atoms with van der Waals surface area (Å²) in [5.74, 6) is 0. The van der Waals surface area contributed by atoms with Crippen molar-refractivity contribution in [3.63, 3.8) is 0 Å². The van der Waals surface area contributed by atoms with E-state index in [2.05, 4.69) is 151 Å². The lowest BCUT2D eigenvalue weighted by atomic mass is 9.89. The maximum absolute atomic E-state index is 5.38. The quantitative estimate of drug-likeness (QED) is 0.177. The van der Waals surface area contributed by atoms with Crippen LogP contribution in [0.2, 0.25) is 0 Å². The van der Waals surface area contributed by atoms with Crippen molar-refractivity contribution in [2.45, 2.75) is 0 Å². The van der Waals surface area contributed by atoms with Crippen molar-refractivity contribution in [3.05, 3.63) is 170 Å². The van der Waals surface area contributed by atoms with Gasteiger partial charge in [-0.2, -0.15) is 0 Å². The van der Waals surface area contributed by atoms with Crippen molar-refractivity contribution in [1.29, 1.82) is 0 Å². The molecule has 0 aliphatic carbocycles. The minimum atomic E-state index is 0.912. The first-order valence-corrected chi connectivity index (χ1v) is 17.5. The molecular formula is C48H28N4. The lowest BCUT2D eigenvalue weighted by Gasteiger charge is -2.16. The van der Waals surface area contributed by atoms with Crippen LogP contribution in [-0.2, 0) is 0 Å². The molecule has 52 heavy (non-hydrogen) atoms. The molecule has 0 saturated carbocycles. The summed E-state index contributed by atoms with van der Waals surface area (Å²) in [7, 11) is 0. The molecule has 0 unspecified atom stereocenters. The molecule has 7 aromatic carbocycles. The Bertz CT molecular complexity index is 3260. The fourth-order valence-corrected chi connectivity index (χ4v) is 8.14. The van der Waals surface area contributed by atoms with E-state index in [4.69, 9.17) is 15.0 Å². The fraction of sp³-hybridized carbons (Fsp3) is 0. The third kappa shape index (κ3) is 4.34. The molecule has 0 fully saturated rings. The second kappa shape index (κ2) is 11.2. The fourth-order valence-electron chi connectivity index (χ4n) is 8.14. The van der Waals surface area contributed by atoms with Crippen molar-refractivity contribution in [1.82, 2.24) is 19.9 Å². The number of rotatable bonds is 3. The van der Waals surface area contributed by atoms with Gasteiger partial charge in [0.1, 0.15) is 0 Å². The van der Waals surface area contributed by atoms with E-state index in [1.54, 1.807) is 0 Å². The van der Waals surface area contributed by atoms with Crippen molar-refractivity contribution in [2.24, 2.45) is 0 Å². The molecule has 0 aliphatic rings. The summed E-state index contributed by atoms with van der Waals surface area (Å²) in [6.07, 6.45) is 5.69. The zero-order valence-corrected chi connectivity index (χ0v) is 28.0. The molecule has 0 saturated heterocycles. The first-order valence-electron chi connectivity index (χ1n) is 17.5. The smallest absolute Gasteiger partial charge is 0.0970 e. The highest BCUT2D eigenvalue weighted by Crippen LogP contribution is 2.43. The molecular weight excluding hydrogens is 633 g/mol. The summed E-state index contributed by atoms with van der Waals surface area (Å²) in [5.41, 5.74) is 10.2. The van der Waals surface area contributed by atoms with Crippen LogP contribution in [0.3, 0.4) is 0 Å². The Balaban J connectivity index is 1.09. The van der Waals surface area contributed by atoms with Gasteiger partial charge in [-0.25, -0.2) is 4.98 Å². The third-order valence-electron chi connectivity index (χ3n) is 10.5. The van der Waals surface area contributed by atoms with Gasteiger partial charge in [0, 0.05) is 62.0 Å². The van der Waals surface area contributed by atoms with Gasteiger partial charge in [-0.05, 0) is 80.7 Å². The monoisotopic (exact) mass is 660 g/mol. The highest BCUT2D eigenvalue weighted by Gasteiger charge is 2.18. The predicted molar refractivity (Wildman–Crippen MR) is 216 cm³/mol. The van der Waals surface area contributed by atoms with Crippen molar-refractivity contribution >= 4 is 75.9 Å². The van der Waals surface area contributed by atoms with Crippen molar-refractivity contribution in [3.8, 4) is 33.5 Å². The van der Waals surface area contributed by atoms with Crippen molar-refractivity contribution < 1.29 is 0 Å². The molecule has 0 N–H and O–H groups in total. The number of aromatic nitrogens is 4. The van der Waals surface area contributed by atoms with E-state index >= 15 is 0 Å². The molecule has 0 aliphatic heterocycles. The van der Waals surface area contributed by atoms with Crippen LogP contribution in [0.1, 0.15) is 0 Å². The van der Waals surface area contributed by atoms with Crippen LogP contribution in [0.5, 0.6) is 0 Å². The van der Waals surface area contributed by atoms with Gasteiger partial charge in [0.2, 0.25) is 0 Å². The number of hydrogen-bond donors (Lipinski definition) is 0. The summed E-state index contributed by atoms with van der Waals surface area (Å²) >= 11 is 0. The van der Waals surface area contributed by atoms with Crippen LogP contribution >= 0.6 is 0 Å². The first-order chi connectivity index (χ1) is 25.8. The van der Waals surface area contributed by atoms with Gasteiger partial charge < -0.3 is 0 Å². The van der Waals surface area contributed by atoms with Crippen LogP contribution in [0.15, 0.2) is 170 Å². The van der Waals surface area contributed by atoms with Crippen LogP contribution in [0.4, 0.5) is 0 Å². The maximum Gasteiger partial charge on any atom is 0.0970 e. The molecule has 4 nitrogen and oxygen atoms in total. The number of pyridine rings is 4. The van der Waals surface area contributed by atoms with Gasteiger partial charge in [-0.3, -0.25) is 15.0 Å². The van der Waals surface area contributed by atoms with Gasteiger partial charge in [0.15, 0.2) is 0 Å². The van der Waals surface area contributed by atoms with E-state index in [0.717, 1.165) is 71.7 Å². The normalized spacial score (nSPS) is 11.8. The SMILES string of the molecule is c1cc(-c2cnc3ccc(-c4ccnc5c4ccc4cccnc45)cc3c2)cc(-c2nc3ccccc3c3c4ccccc4c4ccccc4c23)c1. The Kier molecular flexibility index (Phi) is 6.22. The van der Waals surface area contributed by atoms with Crippen LogP contribution in [-0.4, -0.2) is 19.9 Å². The molecule has 4 heteroatoms. The van der Waals surface area contributed by atoms with E-state index in [0.29, 0.717) is 0 Å². The van der Waals surface area contributed by atoms with Crippen LogP contribution in [0, 0.1) is 0 Å². The molecule has 0 bridgehead atoms. The Hall–Kier alpha value is -7.04. The Morgan fingerprint density at radius 1 is 0.346 bits per heavy atom. The maximum atomic E-state index is 5.38. The predicted octanol–water partition coefficient (Wildman–Crippen LogP) is 12.3. The first kappa shape index (κ1) is 28.8. The number of nitrogens with zero attached hydrogens (tertiary/aromatic N) is 4. The van der Waals surface area contributed by atoms with E-state index in [-0.39, 0.29) is 0 Å². The topological polar surface area (TPSA) is 51.6 Å². The molecule has 0 spiro atoms. The molecule has 0 atom stereocenters. The third-order valence-corrected chi connectivity index (χ3v) is 10.5. The second-order valence-corrected chi connectivity index (χ2v) is 13.4. The molecule has 240 valence electrons. The molecule has 0 amide bonds. The van der Waals surface area contributed by atoms with Crippen LogP contribution in [0.25, 0.3) is 109 Å². The second-order valence-electron chi connectivity index (χ2n) is 13.4. The number of fused-ring (bicyclic) bond motifs is 12. The Labute approximate surface area is 298 Å². The van der Waals surface area contributed by atoms with Crippen LogP contribution < -0.4 is 0 Å². The minimum absolute atomic E-state index is 0.912. The Morgan fingerprint density at radius 3 is 1.94 bits per heavy atom. The van der Waals surface area contributed by atoms with Gasteiger partial charge in [0.05, 0.1) is 27.8 Å². The van der Waals surface area contributed by atoms with E-state index in [1.165, 1.54) is 37.7 Å². The average molecular weight is 661 g/mol. The van der Waals surface area contributed by atoms with Crippen molar-refractivity contribution in [2.75, 3.05) is 0 Å². The van der Waals surface area contributed by atoms with E-state index < -0.39 is 0 Å². The largest absolute Gasteiger partial charge is 0.256 e. The summed E-state index contributed by atoms with van der Waals surface area (Å²) in [5, 5.41) is 11.8. The summed E-state index contributed by atoms with van der Waals surface area (Å²) < 4.78 is 0. The summed E-state index contributed by atoms with van der Waals surface area (Å²) in [4.78, 5) is 19.7. The average Bonchev–Trinajstić information content (AvgIpc) is 3.22. The van der Waals surface area contributed by atoms with E-state index in [9.17, 15) is 0 Å². The number of benzene rings is 7. The zero-order valence-electron chi connectivity index (χ0n) is 28.0. The van der Waals surface area contributed by atoms with Gasteiger partial charge in [0.25, 0.3) is 0 Å². The molecule has 11 rings (SSSR count). The lowest BCUT2D eigenvalue weighted by molar-refractivity contribution is 1.37. The van der Waals surface area contributed by atoms with E-state index in [1.807, 2.05) is 24.7 Å². The summed E-state index contributed by atoms with van der Waals surface area (Å²) in [6.45, 7) is 0. The number of hydrogen-bond acceptors (Lipinski definition) is 4.